The summed E-state index contributed by atoms with van der Waals surface area (Å²) in [6.45, 7) is 4.40. The highest BCUT2D eigenvalue weighted by Crippen LogP contribution is 2.30. The molecule has 2 heterocycles. The first-order valence-electron chi connectivity index (χ1n) is 13.9. The molecule has 2 saturated heterocycles. The van der Waals surface area contributed by atoms with Crippen LogP contribution >= 0.6 is 0 Å². The third kappa shape index (κ3) is 6.94. The number of ether oxygens (including phenoxy) is 3. The molecule has 1 unspecified atom stereocenters. The Labute approximate surface area is 236 Å². The van der Waals surface area contributed by atoms with Gasteiger partial charge in [-0.2, -0.15) is 5.26 Å². The molecule has 1 atom stereocenters. The molecular formula is C31H35N3O5S. The van der Waals surface area contributed by atoms with Gasteiger partial charge >= 0.3 is 0 Å². The largest absolute Gasteiger partial charge is 0.492 e. The van der Waals surface area contributed by atoms with Crippen molar-refractivity contribution in [3.63, 3.8) is 0 Å². The number of sulfonamides is 1. The van der Waals surface area contributed by atoms with Gasteiger partial charge in [-0.1, -0.05) is 24.3 Å². The first kappa shape index (κ1) is 28.0. The van der Waals surface area contributed by atoms with Crippen LogP contribution in [-0.2, 0) is 21.3 Å². The molecule has 0 aliphatic carbocycles. The van der Waals surface area contributed by atoms with Crippen molar-refractivity contribution in [2.45, 2.75) is 49.8 Å². The lowest BCUT2D eigenvalue weighted by molar-refractivity contribution is -0.105. The smallest absolute Gasteiger partial charge is 0.265 e. The second kappa shape index (κ2) is 13.2. The highest BCUT2D eigenvalue weighted by atomic mass is 32.2. The quantitative estimate of drug-likeness (QED) is 0.312. The molecule has 40 heavy (non-hydrogen) atoms. The van der Waals surface area contributed by atoms with Gasteiger partial charge in [0.2, 0.25) is 0 Å². The topological polar surface area (TPSA) is 92.1 Å². The lowest BCUT2D eigenvalue weighted by Gasteiger charge is -2.26. The summed E-state index contributed by atoms with van der Waals surface area (Å²) < 4.78 is 47.0. The average molecular weight is 562 g/mol. The fourth-order valence-electron chi connectivity index (χ4n) is 5.06. The SMILES string of the molecule is N#Cc1ccccc1S(=O)(=O)N(Cc1cccc(OC2CCCCO2)c1)c1ccc(OCCN2CCCC2)cc1. The molecule has 5 rings (SSSR count). The van der Waals surface area contributed by atoms with Crippen LogP contribution in [0.1, 0.15) is 43.2 Å². The van der Waals surface area contributed by atoms with E-state index in [4.69, 9.17) is 14.2 Å². The predicted molar refractivity (Wildman–Crippen MR) is 153 cm³/mol. The van der Waals surface area contributed by atoms with E-state index in [-0.39, 0.29) is 23.3 Å². The number of hydrogen-bond acceptors (Lipinski definition) is 7. The van der Waals surface area contributed by atoms with Crippen molar-refractivity contribution < 1.29 is 22.6 Å². The fourth-order valence-corrected chi connectivity index (χ4v) is 6.66. The van der Waals surface area contributed by atoms with Gasteiger partial charge in [0.15, 0.2) is 6.29 Å². The third-order valence-corrected chi connectivity index (χ3v) is 9.04. The summed E-state index contributed by atoms with van der Waals surface area (Å²) in [6, 6.07) is 22.8. The van der Waals surface area contributed by atoms with Gasteiger partial charge in [-0.15, -0.1) is 0 Å². The number of anilines is 1. The van der Waals surface area contributed by atoms with Crippen LogP contribution in [0.4, 0.5) is 5.69 Å². The van der Waals surface area contributed by atoms with Crippen molar-refractivity contribution in [3.8, 4) is 17.6 Å². The molecule has 0 aromatic heterocycles. The van der Waals surface area contributed by atoms with Crippen LogP contribution in [0.3, 0.4) is 0 Å². The number of hydrogen-bond donors (Lipinski definition) is 0. The molecule has 0 radical (unpaired) electrons. The Balaban J connectivity index is 1.39. The summed E-state index contributed by atoms with van der Waals surface area (Å²) in [5.41, 5.74) is 1.32. The highest BCUT2D eigenvalue weighted by Gasteiger charge is 2.28. The van der Waals surface area contributed by atoms with E-state index in [1.165, 1.54) is 29.3 Å². The van der Waals surface area contributed by atoms with Crippen molar-refractivity contribution in [2.24, 2.45) is 0 Å². The van der Waals surface area contributed by atoms with Crippen LogP contribution in [0.2, 0.25) is 0 Å². The average Bonchev–Trinajstić information content (AvgIpc) is 3.51. The highest BCUT2D eigenvalue weighted by molar-refractivity contribution is 7.92. The molecule has 9 heteroatoms. The van der Waals surface area contributed by atoms with E-state index >= 15 is 0 Å². The van der Waals surface area contributed by atoms with Gasteiger partial charge in [0.05, 0.1) is 24.4 Å². The second-order valence-electron chi connectivity index (χ2n) is 10.1. The molecule has 0 N–H and O–H groups in total. The summed E-state index contributed by atoms with van der Waals surface area (Å²) in [6.07, 6.45) is 5.06. The van der Waals surface area contributed by atoms with Crippen LogP contribution in [0.15, 0.2) is 77.7 Å². The summed E-state index contributed by atoms with van der Waals surface area (Å²) in [4.78, 5) is 2.35. The van der Waals surface area contributed by atoms with Gasteiger partial charge in [0, 0.05) is 13.0 Å². The van der Waals surface area contributed by atoms with Gasteiger partial charge in [0.1, 0.15) is 29.1 Å². The number of rotatable bonds is 11. The Kier molecular flexibility index (Phi) is 9.22. The summed E-state index contributed by atoms with van der Waals surface area (Å²) in [5, 5.41) is 9.63. The fraction of sp³-hybridized carbons (Fsp3) is 0.387. The molecule has 0 bridgehead atoms. The number of likely N-dealkylation sites (tertiary alicyclic amines) is 1. The Morgan fingerprint density at radius 1 is 0.950 bits per heavy atom. The predicted octanol–water partition coefficient (Wildman–Crippen LogP) is 5.33. The molecule has 210 valence electrons. The van der Waals surface area contributed by atoms with Crippen LogP contribution in [0.5, 0.6) is 11.5 Å². The Bertz CT molecular complexity index is 1410. The first-order chi connectivity index (χ1) is 19.5. The standard InChI is InChI=1S/C31H35N3O5S/c32-23-26-9-1-2-11-30(26)40(35,36)34(24-25-8-7-10-29(22-25)39-31-12-3-6-20-38-31)27-13-15-28(16-14-27)37-21-19-33-17-4-5-18-33/h1-2,7-11,13-16,22,31H,3-6,12,17-21,24H2. The molecule has 3 aromatic carbocycles. The summed E-state index contributed by atoms with van der Waals surface area (Å²) in [5.74, 6) is 1.31. The van der Waals surface area contributed by atoms with E-state index in [2.05, 4.69) is 4.90 Å². The van der Waals surface area contributed by atoms with Gasteiger partial charge in [-0.25, -0.2) is 8.42 Å². The second-order valence-corrected chi connectivity index (χ2v) is 11.9. The van der Waals surface area contributed by atoms with Crippen LogP contribution in [-0.4, -0.2) is 52.5 Å². The lowest BCUT2D eigenvalue weighted by Crippen LogP contribution is -2.31. The molecule has 2 aliphatic heterocycles. The number of nitriles is 1. The van der Waals surface area contributed by atoms with Gasteiger partial charge in [-0.3, -0.25) is 9.21 Å². The van der Waals surface area contributed by atoms with E-state index in [1.54, 1.807) is 36.4 Å². The maximum absolute atomic E-state index is 14.0. The monoisotopic (exact) mass is 561 g/mol. The zero-order valence-electron chi connectivity index (χ0n) is 22.6. The number of benzene rings is 3. The van der Waals surface area contributed by atoms with Crippen molar-refractivity contribution >= 4 is 15.7 Å². The van der Waals surface area contributed by atoms with E-state index in [9.17, 15) is 13.7 Å². The van der Waals surface area contributed by atoms with Gasteiger partial charge in [0.25, 0.3) is 10.0 Å². The maximum Gasteiger partial charge on any atom is 0.265 e. The van der Waals surface area contributed by atoms with Crippen molar-refractivity contribution in [1.29, 1.82) is 5.26 Å². The molecule has 2 aliphatic rings. The van der Waals surface area contributed by atoms with E-state index in [0.29, 0.717) is 30.4 Å². The zero-order chi connectivity index (χ0) is 27.8. The Hall–Kier alpha value is -3.58. The summed E-state index contributed by atoms with van der Waals surface area (Å²) >= 11 is 0. The van der Waals surface area contributed by atoms with E-state index in [1.807, 2.05) is 30.3 Å². The van der Waals surface area contributed by atoms with E-state index in [0.717, 1.165) is 44.5 Å². The lowest BCUT2D eigenvalue weighted by atomic mass is 10.2. The van der Waals surface area contributed by atoms with Crippen LogP contribution in [0.25, 0.3) is 0 Å². The molecule has 0 saturated carbocycles. The Morgan fingerprint density at radius 2 is 1.75 bits per heavy atom. The first-order valence-corrected chi connectivity index (χ1v) is 15.3. The maximum atomic E-state index is 14.0. The van der Waals surface area contributed by atoms with Crippen LogP contribution < -0.4 is 13.8 Å². The minimum atomic E-state index is -4.08. The van der Waals surface area contributed by atoms with Crippen molar-refractivity contribution in [2.75, 3.05) is 37.2 Å². The Morgan fingerprint density at radius 3 is 2.50 bits per heavy atom. The molecule has 2 fully saturated rings. The minimum Gasteiger partial charge on any atom is -0.492 e. The van der Waals surface area contributed by atoms with Crippen LogP contribution in [0, 0.1) is 11.3 Å². The van der Waals surface area contributed by atoms with Crippen molar-refractivity contribution in [1.82, 2.24) is 4.90 Å². The molecule has 8 nitrogen and oxygen atoms in total. The molecule has 0 amide bonds. The number of nitrogens with zero attached hydrogens (tertiary/aromatic N) is 3. The molecule has 0 spiro atoms. The minimum absolute atomic E-state index is 0.0357. The molecule has 3 aromatic rings. The van der Waals surface area contributed by atoms with Gasteiger partial charge < -0.3 is 14.2 Å². The third-order valence-electron chi connectivity index (χ3n) is 7.21. The van der Waals surface area contributed by atoms with Crippen molar-refractivity contribution in [3.05, 3.63) is 83.9 Å². The molecular weight excluding hydrogens is 526 g/mol. The summed E-state index contributed by atoms with van der Waals surface area (Å²) in [7, 11) is -4.08. The zero-order valence-corrected chi connectivity index (χ0v) is 23.4. The normalized spacial score (nSPS) is 17.7. The van der Waals surface area contributed by atoms with Gasteiger partial charge in [-0.05, 0) is 92.9 Å². The van der Waals surface area contributed by atoms with E-state index < -0.39 is 10.0 Å².